The maximum atomic E-state index is 14.5. The first-order valence-corrected chi connectivity index (χ1v) is 18.4. The maximum Gasteiger partial charge on any atom is 0.255 e. The molecule has 1 unspecified atom stereocenters. The van der Waals surface area contributed by atoms with E-state index in [9.17, 15) is 4.79 Å². The van der Waals surface area contributed by atoms with Gasteiger partial charge >= 0.3 is 0 Å². The second-order valence-electron chi connectivity index (χ2n) is 13.1. The molecule has 1 atom stereocenters. The Balaban J connectivity index is 0.00000197. The van der Waals surface area contributed by atoms with Crippen molar-refractivity contribution in [1.82, 2.24) is 20.1 Å². The highest BCUT2D eigenvalue weighted by Crippen LogP contribution is 2.57. The van der Waals surface area contributed by atoms with Crippen LogP contribution in [0.4, 0.5) is 11.4 Å². The average Bonchev–Trinajstić information content (AvgIpc) is 3.74. The van der Waals surface area contributed by atoms with Crippen molar-refractivity contribution in [1.29, 1.82) is 0 Å². The Morgan fingerprint density at radius 3 is 2.42 bits per heavy atom. The quantitative estimate of drug-likeness (QED) is 0.168. The lowest BCUT2D eigenvalue weighted by molar-refractivity contribution is 0.0657. The summed E-state index contributed by atoms with van der Waals surface area (Å²) in [5.74, 6) is 1.69. The van der Waals surface area contributed by atoms with Crippen molar-refractivity contribution in [2.45, 2.75) is 77.8 Å². The number of likely N-dealkylation sites (tertiary alicyclic amines) is 1. The summed E-state index contributed by atoms with van der Waals surface area (Å²) >= 11 is 0. The molecule has 0 saturated carbocycles. The van der Waals surface area contributed by atoms with Crippen LogP contribution in [0, 0.1) is 0 Å². The number of hydrogen-bond donors (Lipinski definition) is 3. The summed E-state index contributed by atoms with van der Waals surface area (Å²) < 4.78 is 6.96. The van der Waals surface area contributed by atoms with Gasteiger partial charge in [-0.1, -0.05) is 51.5 Å². The average molecular weight is 651 g/mol. The molecule has 4 aliphatic heterocycles. The predicted molar refractivity (Wildman–Crippen MR) is 196 cm³/mol. The van der Waals surface area contributed by atoms with Gasteiger partial charge in [0.1, 0.15) is 17.0 Å². The second-order valence-corrected chi connectivity index (χ2v) is 13.1. The zero-order chi connectivity index (χ0) is 33.5. The Labute approximate surface area is 287 Å². The smallest absolute Gasteiger partial charge is 0.255 e. The maximum absolute atomic E-state index is 14.5. The van der Waals surface area contributed by atoms with Crippen LogP contribution in [0.3, 0.4) is 0 Å². The minimum Gasteiger partial charge on any atom is -0.457 e. The SMILES string of the molecule is CC.CC/C=C1\C(=C/CN2CCCCC2)Oc2cc(N3CCCCC3)c(N)cc2C12c1ccccc1C(=O)N2CCNCc1ccc[nH]1. The lowest BCUT2D eigenvalue weighted by Gasteiger charge is -2.46. The van der Waals surface area contributed by atoms with E-state index < -0.39 is 5.54 Å². The molecule has 4 N–H and O–H groups in total. The predicted octanol–water partition coefficient (Wildman–Crippen LogP) is 7.20. The molecule has 2 saturated heterocycles. The van der Waals surface area contributed by atoms with Gasteiger partial charge in [-0.25, -0.2) is 0 Å². The number of nitrogen functional groups attached to an aromatic ring is 1. The number of hydrogen-bond acceptors (Lipinski definition) is 6. The van der Waals surface area contributed by atoms with E-state index in [1.807, 2.05) is 38.2 Å². The number of piperidine rings is 2. The third kappa shape index (κ3) is 6.40. The van der Waals surface area contributed by atoms with E-state index in [-0.39, 0.29) is 5.91 Å². The Morgan fingerprint density at radius 2 is 1.69 bits per heavy atom. The van der Waals surface area contributed by atoms with Crippen LogP contribution in [0.15, 0.2) is 78.2 Å². The van der Waals surface area contributed by atoms with E-state index >= 15 is 0 Å². The Hall–Kier alpha value is -4.01. The van der Waals surface area contributed by atoms with Gasteiger partial charge in [-0.2, -0.15) is 0 Å². The number of benzene rings is 2. The molecule has 2 fully saturated rings. The molecule has 3 aromatic rings. The third-order valence-electron chi connectivity index (χ3n) is 10.2. The van der Waals surface area contributed by atoms with Gasteiger partial charge in [0, 0.05) is 73.9 Å². The summed E-state index contributed by atoms with van der Waals surface area (Å²) in [7, 11) is 0. The van der Waals surface area contributed by atoms with Crippen molar-refractivity contribution in [2.24, 2.45) is 0 Å². The standard InChI is InChI=1S/C38H48N6O2.C2H6/c1-2-12-31-35(16-23-42-19-7-3-8-20-42)46-36-26-34(43-21-9-4-10-22-43)33(39)25-32(36)38(31)30-15-6-5-14-29(30)37(45)44(38)24-18-40-27-28-13-11-17-41-28;1-2/h5-6,11-17,25-26,40-41H,2-4,7-10,18-24,27,39H2,1H3;1-2H3/b31-12+,35-16+;. The normalized spacial score (nSPS) is 22.4. The van der Waals surface area contributed by atoms with Crippen LogP contribution < -0.4 is 20.7 Å². The van der Waals surface area contributed by atoms with Crippen molar-refractivity contribution in [3.05, 3.63) is 101 Å². The summed E-state index contributed by atoms with van der Waals surface area (Å²) in [6.45, 7) is 13.1. The van der Waals surface area contributed by atoms with Gasteiger partial charge in [0.2, 0.25) is 0 Å². The number of rotatable bonds is 9. The highest BCUT2D eigenvalue weighted by atomic mass is 16.5. The molecule has 0 radical (unpaired) electrons. The van der Waals surface area contributed by atoms with Crippen molar-refractivity contribution in [2.75, 3.05) is 56.4 Å². The summed E-state index contributed by atoms with van der Waals surface area (Å²) in [5, 5.41) is 3.57. The highest BCUT2D eigenvalue weighted by Gasteiger charge is 2.57. The molecule has 7 rings (SSSR count). The fourth-order valence-electron chi connectivity index (χ4n) is 7.99. The van der Waals surface area contributed by atoms with Crippen molar-refractivity contribution < 1.29 is 9.53 Å². The van der Waals surface area contributed by atoms with E-state index in [2.05, 4.69) is 74.4 Å². The van der Waals surface area contributed by atoms with Gasteiger partial charge in [0.05, 0.1) is 11.4 Å². The van der Waals surface area contributed by atoms with Crippen LogP contribution in [0.2, 0.25) is 0 Å². The van der Waals surface area contributed by atoms with Gasteiger partial charge in [0.25, 0.3) is 5.91 Å². The molecule has 1 aromatic heterocycles. The first-order chi connectivity index (χ1) is 23.6. The van der Waals surface area contributed by atoms with Gasteiger partial charge in [-0.3, -0.25) is 9.69 Å². The molecule has 2 aromatic carbocycles. The van der Waals surface area contributed by atoms with Gasteiger partial charge in [-0.15, -0.1) is 0 Å². The molecule has 1 amide bonds. The summed E-state index contributed by atoms with van der Waals surface area (Å²) in [6, 6.07) is 16.5. The number of ether oxygens (including phenoxy) is 1. The second kappa shape index (κ2) is 15.5. The molecule has 0 aliphatic carbocycles. The van der Waals surface area contributed by atoms with Gasteiger partial charge in [-0.05, 0) is 87.5 Å². The number of nitrogens with two attached hydrogens (primary N) is 1. The number of nitrogens with zero attached hydrogens (tertiary/aromatic N) is 3. The molecule has 256 valence electrons. The highest BCUT2D eigenvalue weighted by molar-refractivity contribution is 6.02. The van der Waals surface area contributed by atoms with Gasteiger partial charge in [0.15, 0.2) is 0 Å². The Morgan fingerprint density at radius 1 is 0.938 bits per heavy atom. The molecule has 5 heterocycles. The third-order valence-corrected chi connectivity index (χ3v) is 10.2. The number of nitrogens with one attached hydrogen (secondary N) is 2. The molecule has 4 aliphatic rings. The molecule has 1 spiro atoms. The van der Waals surface area contributed by atoms with Crippen molar-refractivity contribution in [3.63, 3.8) is 0 Å². The fraction of sp³-hybridized carbons (Fsp3) is 0.475. The largest absolute Gasteiger partial charge is 0.457 e. The molecular formula is C40H54N6O2. The number of H-pyrrole nitrogens is 1. The van der Waals surface area contributed by atoms with Crippen LogP contribution in [0.5, 0.6) is 5.75 Å². The minimum atomic E-state index is -0.854. The number of aromatic nitrogens is 1. The summed E-state index contributed by atoms with van der Waals surface area (Å²) in [4.78, 5) is 24.8. The molecule has 48 heavy (non-hydrogen) atoms. The van der Waals surface area contributed by atoms with Crippen LogP contribution in [0.1, 0.15) is 92.9 Å². The number of amides is 1. The summed E-state index contributed by atoms with van der Waals surface area (Å²) in [5.41, 5.74) is 12.7. The zero-order valence-electron chi connectivity index (χ0n) is 29.2. The minimum absolute atomic E-state index is 0.0428. The monoisotopic (exact) mass is 650 g/mol. The molecule has 8 nitrogen and oxygen atoms in total. The first kappa shape index (κ1) is 33.9. The van der Waals surface area contributed by atoms with E-state index in [0.29, 0.717) is 19.6 Å². The molecular weight excluding hydrogens is 596 g/mol. The van der Waals surface area contributed by atoms with Crippen LogP contribution in [-0.4, -0.2) is 66.5 Å². The van der Waals surface area contributed by atoms with Crippen molar-refractivity contribution in [3.8, 4) is 5.75 Å². The molecule has 8 heteroatoms. The van der Waals surface area contributed by atoms with E-state index in [1.54, 1.807) is 0 Å². The number of anilines is 2. The van der Waals surface area contributed by atoms with Gasteiger partial charge < -0.3 is 30.6 Å². The number of aromatic amines is 1. The zero-order valence-corrected chi connectivity index (χ0v) is 29.2. The Kier molecular flexibility index (Phi) is 10.9. The summed E-state index contributed by atoms with van der Waals surface area (Å²) in [6.07, 6.45) is 14.6. The number of fused-ring (bicyclic) bond motifs is 4. The van der Waals surface area contributed by atoms with Crippen LogP contribution in [0.25, 0.3) is 0 Å². The lowest BCUT2D eigenvalue weighted by Crippen LogP contribution is -2.51. The van der Waals surface area contributed by atoms with E-state index in [0.717, 1.165) is 103 Å². The number of allylic oxidation sites excluding steroid dienone is 1. The van der Waals surface area contributed by atoms with Crippen LogP contribution in [-0.2, 0) is 12.1 Å². The van der Waals surface area contributed by atoms with Crippen LogP contribution >= 0.6 is 0 Å². The number of carbonyl (C=O) groups is 1. The van der Waals surface area contributed by atoms with E-state index in [1.165, 1.54) is 25.7 Å². The molecule has 0 bridgehead atoms. The topological polar surface area (TPSA) is 89.9 Å². The van der Waals surface area contributed by atoms with Crippen molar-refractivity contribution >= 4 is 17.3 Å². The first-order valence-electron chi connectivity index (χ1n) is 18.4. The fourth-order valence-corrected chi connectivity index (χ4v) is 7.99. The number of carbonyl (C=O) groups excluding carboxylic acids is 1. The lowest BCUT2D eigenvalue weighted by atomic mass is 9.73. The Bertz CT molecular complexity index is 1600. The van der Waals surface area contributed by atoms with E-state index in [4.69, 9.17) is 10.5 Å².